The fourth-order valence-electron chi connectivity index (χ4n) is 3.10. The van der Waals surface area contributed by atoms with Gasteiger partial charge in [0.1, 0.15) is 12.3 Å². The molecular weight excluding hydrogens is 320 g/mol. The van der Waals surface area contributed by atoms with Crippen LogP contribution in [0.25, 0.3) is 0 Å². The van der Waals surface area contributed by atoms with Crippen LogP contribution in [0.2, 0.25) is 0 Å². The van der Waals surface area contributed by atoms with Crippen LogP contribution in [0.5, 0.6) is 0 Å². The second-order valence-corrected chi connectivity index (χ2v) is 6.37. The van der Waals surface area contributed by atoms with Gasteiger partial charge >= 0.3 is 5.97 Å². The molecule has 1 fully saturated rings. The molecule has 25 heavy (non-hydrogen) atoms. The number of carbonyl (C=O) groups is 2. The van der Waals surface area contributed by atoms with E-state index in [1.54, 1.807) is 13.8 Å². The Morgan fingerprint density at radius 3 is 2.68 bits per heavy atom. The van der Waals surface area contributed by atoms with E-state index in [2.05, 4.69) is 5.32 Å². The molecule has 6 nitrogen and oxygen atoms in total. The molecule has 0 aromatic heterocycles. The van der Waals surface area contributed by atoms with Crippen LogP contribution in [0.4, 0.5) is 0 Å². The Bertz CT molecular complexity index is 564. The molecule has 3 atom stereocenters. The summed E-state index contributed by atoms with van der Waals surface area (Å²) >= 11 is 0. The Kier molecular flexibility index (Phi) is 7.40. The molecule has 1 saturated heterocycles. The van der Waals surface area contributed by atoms with E-state index in [0.717, 1.165) is 12.0 Å². The molecule has 2 N–H and O–H groups in total. The van der Waals surface area contributed by atoms with E-state index in [0.29, 0.717) is 32.4 Å². The molecule has 6 heteroatoms. The number of rotatable bonds is 8. The largest absolute Gasteiger partial charge is 0.465 e. The van der Waals surface area contributed by atoms with Gasteiger partial charge in [-0.2, -0.15) is 0 Å². The van der Waals surface area contributed by atoms with Crippen LogP contribution >= 0.6 is 0 Å². The summed E-state index contributed by atoms with van der Waals surface area (Å²) in [7, 11) is 0. The Morgan fingerprint density at radius 1 is 1.36 bits per heavy atom. The van der Waals surface area contributed by atoms with Gasteiger partial charge in [0.15, 0.2) is 0 Å². The van der Waals surface area contributed by atoms with E-state index in [1.807, 2.05) is 30.3 Å². The van der Waals surface area contributed by atoms with Crippen molar-refractivity contribution in [1.29, 1.82) is 0 Å². The topological polar surface area (TPSA) is 78.9 Å². The molecule has 3 unspecified atom stereocenters. The third-order valence-electron chi connectivity index (χ3n) is 4.46. The minimum Gasteiger partial charge on any atom is -0.465 e. The van der Waals surface area contributed by atoms with Gasteiger partial charge in [0.25, 0.3) is 0 Å². The number of hydrogen-bond acceptors (Lipinski definition) is 5. The van der Waals surface area contributed by atoms with Gasteiger partial charge in [-0.05, 0) is 45.1 Å². The minimum absolute atomic E-state index is 0.181. The third kappa shape index (κ3) is 5.54. The molecule has 0 saturated carbocycles. The van der Waals surface area contributed by atoms with Crippen LogP contribution in [-0.2, 0) is 20.7 Å². The van der Waals surface area contributed by atoms with Crippen LogP contribution in [0.15, 0.2) is 30.3 Å². The van der Waals surface area contributed by atoms with Crippen LogP contribution in [-0.4, -0.2) is 53.3 Å². The SMILES string of the molecule is CCOC(=O)C(CCc1ccccc1)NC(C)C(=O)N1CCCC1O. The second-order valence-electron chi connectivity index (χ2n) is 6.37. The summed E-state index contributed by atoms with van der Waals surface area (Å²) in [6.07, 6.45) is 1.94. The van der Waals surface area contributed by atoms with Crippen molar-refractivity contribution in [2.75, 3.05) is 13.2 Å². The highest BCUT2D eigenvalue weighted by Gasteiger charge is 2.32. The van der Waals surface area contributed by atoms with Crippen LogP contribution in [0, 0.1) is 0 Å². The summed E-state index contributed by atoms with van der Waals surface area (Å²) in [6.45, 7) is 4.35. The number of amides is 1. The van der Waals surface area contributed by atoms with Crippen LogP contribution < -0.4 is 5.32 Å². The quantitative estimate of drug-likeness (QED) is 0.696. The zero-order valence-corrected chi connectivity index (χ0v) is 15.0. The van der Waals surface area contributed by atoms with Gasteiger partial charge in [-0.3, -0.25) is 14.9 Å². The highest BCUT2D eigenvalue weighted by molar-refractivity contribution is 5.83. The van der Waals surface area contributed by atoms with Gasteiger partial charge in [0.05, 0.1) is 12.6 Å². The lowest BCUT2D eigenvalue weighted by Gasteiger charge is -2.27. The predicted octanol–water partition coefficient (Wildman–Crippen LogP) is 1.47. The fourth-order valence-corrected chi connectivity index (χ4v) is 3.10. The van der Waals surface area contributed by atoms with Crippen molar-refractivity contribution in [1.82, 2.24) is 10.2 Å². The Morgan fingerprint density at radius 2 is 2.08 bits per heavy atom. The molecule has 2 rings (SSSR count). The normalized spacial score (nSPS) is 19.5. The van der Waals surface area contributed by atoms with Gasteiger partial charge in [-0.1, -0.05) is 30.3 Å². The van der Waals surface area contributed by atoms with Gasteiger partial charge < -0.3 is 14.7 Å². The van der Waals surface area contributed by atoms with Gasteiger partial charge in [-0.15, -0.1) is 0 Å². The molecule has 0 bridgehead atoms. The fraction of sp³-hybridized carbons (Fsp3) is 0.579. The predicted molar refractivity (Wildman–Crippen MR) is 94.7 cm³/mol. The first-order chi connectivity index (χ1) is 12.0. The lowest BCUT2D eigenvalue weighted by Crippen LogP contribution is -2.52. The molecule has 1 amide bonds. The first-order valence-electron chi connectivity index (χ1n) is 8.98. The number of nitrogens with one attached hydrogen (secondary N) is 1. The molecule has 1 heterocycles. The first kappa shape index (κ1) is 19.4. The average molecular weight is 348 g/mol. The molecular formula is C19H28N2O4. The maximum atomic E-state index is 12.5. The van der Waals surface area contributed by atoms with Gasteiger partial charge in [0.2, 0.25) is 5.91 Å². The molecule has 0 aliphatic carbocycles. The summed E-state index contributed by atoms with van der Waals surface area (Å²) in [5.41, 5.74) is 1.13. The van der Waals surface area contributed by atoms with E-state index in [-0.39, 0.29) is 11.9 Å². The monoisotopic (exact) mass is 348 g/mol. The van der Waals surface area contributed by atoms with Gasteiger partial charge in [0, 0.05) is 6.54 Å². The number of nitrogens with zero attached hydrogens (tertiary/aromatic N) is 1. The zero-order chi connectivity index (χ0) is 18.2. The van der Waals surface area contributed by atoms with E-state index in [4.69, 9.17) is 4.74 Å². The zero-order valence-electron chi connectivity index (χ0n) is 15.0. The van der Waals surface area contributed by atoms with Crippen molar-refractivity contribution in [3.63, 3.8) is 0 Å². The number of likely N-dealkylation sites (tertiary alicyclic amines) is 1. The molecule has 0 radical (unpaired) electrons. The minimum atomic E-state index is -0.720. The number of carbonyl (C=O) groups excluding carboxylic acids is 2. The maximum Gasteiger partial charge on any atom is 0.323 e. The molecule has 1 aromatic carbocycles. The summed E-state index contributed by atoms with van der Waals surface area (Å²) in [5.74, 6) is -0.529. The second kappa shape index (κ2) is 9.53. The third-order valence-corrected chi connectivity index (χ3v) is 4.46. The summed E-state index contributed by atoms with van der Waals surface area (Å²) in [6, 6.07) is 8.78. The number of aliphatic hydroxyl groups is 1. The lowest BCUT2D eigenvalue weighted by atomic mass is 10.0. The lowest BCUT2D eigenvalue weighted by molar-refractivity contribution is -0.147. The molecule has 138 valence electrons. The Labute approximate surface area is 149 Å². The van der Waals surface area contributed by atoms with Crippen molar-refractivity contribution in [3.05, 3.63) is 35.9 Å². The number of aliphatic hydroxyl groups excluding tert-OH is 1. The molecule has 1 aromatic rings. The molecule has 0 spiro atoms. The summed E-state index contributed by atoms with van der Waals surface area (Å²) < 4.78 is 5.14. The summed E-state index contributed by atoms with van der Waals surface area (Å²) in [4.78, 5) is 26.2. The number of aryl methyl sites for hydroxylation is 1. The van der Waals surface area contributed by atoms with Crippen molar-refractivity contribution >= 4 is 11.9 Å². The Balaban J connectivity index is 1.97. The van der Waals surface area contributed by atoms with Crippen molar-refractivity contribution in [2.24, 2.45) is 0 Å². The number of benzene rings is 1. The average Bonchev–Trinajstić information content (AvgIpc) is 3.04. The Hall–Kier alpha value is -1.92. The molecule has 1 aliphatic heterocycles. The maximum absolute atomic E-state index is 12.5. The summed E-state index contributed by atoms with van der Waals surface area (Å²) in [5, 5.41) is 13.0. The van der Waals surface area contributed by atoms with E-state index in [1.165, 1.54) is 4.90 Å². The smallest absolute Gasteiger partial charge is 0.323 e. The van der Waals surface area contributed by atoms with E-state index >= 15 is 0 Å². The van der Waals surface area contributed by atoms with E-state index < -0.39 is 18.3 Å². The van der Waals surface area contributed by atoms with Crippen LogP contribution in [0.3, 0.4) is 0 Å². The van der Waals surface area contributed by atoms with Crippen molar-refractivity contribution in [3.8, 4) is 0 Å². The highest BCUT2D eigenvalue weighted by Crippen LogP contribution is 2.16. The van der Waals surface area contributed by atoms with Crippen LogP contribution in [0.1, 0.15) is 38.7 Å². The number of esters is 1. The first-order valence-corrected chi connectivity index (χ1v) is 8.98. The highest BCUT2D eigenvalue weighted by atomic mass is 16.5. The van der Waals surface area contributed by atoms with E-state index in [9.17, 15) is 14.7 Å². The van der Waals surface area contributed by atoms with Crippen molar-refractivity contribution < 1.29 is 19.4 Å². The van der Waals surface area contributed by atoms with Gasteiger partial charge in [-0.25, -0.2) is 0 Å². The van der Waals surface area contributed by atoms with Crippen molar-refractivity contribution in [2.45, 2.75) is 57.8 Å². The standard InChI is InChI=1S/C19H28N2O4/c1-3-25-19(24)16(12-11-15-8-5-4-6-9-15)20-14(2)18(23)21-13-7-10-17(21)22/h4-6,8-9,14,16-17,20,22H,3,7,10-13H2,1-2H3. The number of hydrogen-bond donors (Lipinski definition) is 2. The molecule has 1 aliphatic rings. The number of ether oxygens (including phenoxy) is 1.